The van der Waals surface area contributed by atoms with E-state index in [1.165, 1.54) is 10.8 Å². The molecule has 0 N–H and O–H groups in total. The molecule has 0 aliphatic rings. The molecule has 0 saturated heterocycles. The van der Waals surface area contributed by atoms with Crippen molar-refractivity contribution in [3.8, 4) is 56.4 Å². The second-order valence-corrected chi connectivity index (χ2v) is 10.0. The summed E-state index contributed by atoms with van der Waals surface area (Å²) in [5.41, 5.74) is 7.95. The van der Waals surface area contributed by atoms with Gasteiger partial charge in [-0.05, 0) is 39.1 Å². The van der Waals surface area contributed by atoms with Crippen molar-refractivity contribution in [3.63, 3.8) is 0 Å². The van der Waals surface area contributed by atoms with Crippen molar-refractivity contribution >= 4 is 16.5 Å². The number of rotatable bonds is 5. The van der Waals surface area contributed by atoms with Crippen LogP contribution in [0.15, 0.2) is 146 Å². The van der Waals surface area contributed by atoms with Crippen LogP contribution in [-0.2, 0) is 0 Å². The molecule has 0 spiro atoms. The van der Waals surface area contributed by atoms with Crippen molar-refractivity contribution in [2.45, 2.75) is 0 Å². The van der Waals surface area contributed by atoms with Crippen molar-refractivity contribution in [3.05, 3.63) is 157 Å². The first-order valence-corrected chi connectivity index (χ1v) is 13.7. The molecule has 1 aromatic heterocycles. The molecule has 0 saturated carbocycles. The Bertz CT molecular complexity index is 2000. The molecule has 7 rings (SSSR count). The highest BCUT2D eigenvalue weighted by Crippen LogP contribution is 2.34. The zero-order chi connectivity index (χ0) is 28.3. The van der Waals surface area contributed by atoms with E-state index < -0.39 is 0 Å². The maximum atomic E-state index is 7.26. The minimum absolute atomic E-state index is 0.637. The molecule has 6 aromatic carbocycles. The fourth-order valence-electron chi connectivity index (χ4n) is 5.17. The molecule has 0 aliphatic carbocycles. The predicted molar refractivity (Wildman–Crippen MR) is 171 cm³/mol. The number of hydrogen-bond acceptors (Lipinski definition) is 3. The van der Waals surface area contributed by atoms with E-state index in [4.69, 9.17) is 21.5 Å². The summed E-state index contributed by atoms with van der Waals surface area (Å²) in [5, 5.41) is 2.35. The Kier molecular flexibility index (Phi) is 6.52. The molecule has 0 atom stereocenters. The van der Waals surface area contributed by atoms with Gasteiger partial charge in [0.2, 0.25) is 0 Å². The van der Waals surface area contributed by atoms with Gasteiger partial charge in [0.1, 0.15) is 0 Å². The van der Waals surface area contributed by atoms with Gasteiger partial charge in [-0.25, -0.2) is 19.8 Å². The molecule has 196 valence electrons. The molecule has 0 unspecified atom stereocenters. The lowest BCUT2D eigenvalue weighted by atomic mass is 9.94. The molecule has 4 heteroatoms. The second kappa shape index (κ2) is 10.9. The minimum atomic E-state index is 0.637. The van der Waals surface area contributed by atoms with E-state index in [9.17, 15) is 0 Å². The molecule has 0 aliphatic heterocycles. The Labute approximate surface area is 244 Å². The Hall–Kier alpha value is -5.92. The average Bonchev–Trinajstić information content (AvgIpc) is 3.08. The van der Waals surface area contributed by atoms with Gasteiger partial charge < -0.3 is 0 Å². The topological polar surface area (TPSA) is 43.0 Å². The van der Waals surface area contributed by atoms with Crippen LogP contribution < -0.4 is 0 Å². The van der Waals surface area contributed by atoms with Crippen molar-refractivity contribution < 1.29 is 0 Å². The van der Waals surface area contributed by atoms with Crippen LogP contribution >= 0.6 is 0 Å². The Morgan fingerprint density at radius 2 is 0.905 bits per heavy atom. The Morgan fingerprint density at radius 1 is 0.405 bits per heavy atom. The first kappa shape index (κ1) is 25.1. The summed E-state index contributed by atoms with van der Waals surface area (Å²) in [4.78, 5) is 18.0. The average molecular weight is 537 g/mol. The summed E-state index contributed by atoms with van der Waals surface area (Å²) in [6.45, 7) is 7.26. The van der Waals surface area contributed by atoms with Crippen molar-refractivity contribution in [1.82, 2.24) is 15.0 Å². The van der Waals surface area contributed by atoms with Crippen LogP contribution in [0.4, 0.5) is 5.69 Å². The van der Waals surface area contributed by atoms with Crippen LogP contribution in [0.2, 0.25) is 0 Å². The standard InChI is InChI=1S/C38H24N4/c1-39-33-23-21-28(22-24-33)34-14-8-13-27-17-20-32(25-35(27)34)26-15-18-31(19-16-26)38-41-36(29-9-4-2-5-10-29)40-37(42-38)30-11-6-3-7-12-30/h2-25H. The van der Waals surface area contributed by atoms with Crippen molar-refractivity contribution in [2.75, 3.05) is 0 Å². The van der Waals surface area contributed by atoms with E-state index in [-0.39, 0.29) is 0 Å². The molecule has 42 heavy (non-hydrogen) atoms. The zero-order valence-corrected chi connectivity index (χ0v) is 22.6. The summed E-state index contributed by atoms with van der Waals surface area (Å²) in [5.74, 6) is 1.93. The summed E-state index contributed by atoms with van der Waals surface area (Å²) in [7, 11) is 0. The van der Waals surface area contributed by atoms with Gasteiger partial charge in [0.15, 0.2) is 23.2 Å². The maximum absolute atomic E-state index is 7.26. The normalized spacial score (nSPS) is 10.8. The molecule has 0 amide bonds. The van der Waals surface area contributed by atoms with Crippen LogP contribution in [0.5, 0.6) is 0 Å². The van der Waals surface area contributed by atoms with E-state index in [1.807, 2.05) is 84.9 Å². The third-order valence-corrected chi connectivity index (χ3v) is 7.37. The zero-order valence-electron chi connectivity index (χ0n) is 22.6. The fraction of sp³-hybridized carbons (Fsp3) is 0. The lowest BCUT2D eigenvalue weighted by Crippen LogP contribution is -2.00. The quantitative estimate of drug-likeness (QED) is 0.206. The first-order chi connectivity index (χ1) is 20.7. The second-order valence-electron chi connectivity index (χ2n) is 10.0. The molecule has 0 bridgehead atoms. The molecular weight excluding hydrogens is 512 g/mol. The van der Waals surface area contributed by atoms with E-state index in [1.54, 1.807) is 0 Å². The smallest absolute Gasteiger partial charge is 0.187 e. The minimum Gasteiger partial charge on any atom is -0.238 e. The summed E-state index contributed by atoms with van der Waals surface area (Å²) < 4.78 is 0. The van der Waals surface area contributed by atoms with Crippen molar-refractivity contribution in [2.24, 2.45) is 0 Å². The van der Waals surface area contributed by atoms with Crippen LogP contribution in [0, 0.1) is 6.57 Å². The van der Waals surface area contributed by atoms with Gasteiger partial charge in [-0.3, -0.25) is 0 Å². The third-order valence-electron chi connectivity index (χ3n) is 7.37. The molecule has 0 radical (unpaired) electrons. The summed E-state index contributed by atoms with van der Waals surface area (Å²) >= 11 is 0. The Balaban J connectivity index is 1.27. The lowest BCUT2D eigenvalue weighted by Gasteiger charge is -2.11. The van der Waals surface area contributed by atoms with Crippen LogP contribution in [-0.4, -0.2) is 15.0 Å². The highest BCUT2D eigenvalue weighted by Gasteiger charge is 2.13. The monoisotopic (exact) mass is 536 g/mol. The maximum Gasteiger partial charge on any atom is 0.187 e. The molecular formula is C38H24N4. The number of nitrogens with zero attached hydrogens (tertiary/aromatic N) is 4. The van der Waals surface area contributed by atoms with Crippen LogP contribution in [0.1, 0.15) is 0 Å². The van der Waals surface area contributed by atoms with E-state index in [0.717, 1.165) is 38.9 Å². The van der Waals surface area contributed by atoms with Crippen LogP contribution in [0.25, 0.3) is 72.0 Å². The van der Waals surface area contributed by atoms with Gasteiger partial charge in [-0.2, -0.15) is 0 Å². The lowest BCUT2D eigenvalue weighted by molar-refractivity contribution is 1.07. The van der Waals surface area contributed by atoms with Crippen molar-refractivity contribution in [1.29, 1.82) is 0 Å². The highest BCUT2D eigenvalue weighted by atomic mass is 15.0. The molecule has 1 heterocycles. The summed E-state index contributed by atoms with van der Waals surface area (Å²) in [6.07, 6.45) is 0. The molecule has 4 nitrogen and oxygen atoms in total. The molecule has 7 aromatic rings. The van der Waals surface area contributed by atoms with E-state index >= 15 is 0 Å². The Morgan fingerprint density at radius 3 is 1.48 bits per heavy atom. The van der Waals surface area contributed by atoms with Gasteiger partial charge in [-0.15, -0.1) is 0 Å². The number of hydrogen-bond donors (Lipinski definition) is 0. The van der Waals surface area contributed by atoms with Gasteiger partial charge in [-0.1, -0.05) is 140 Å². The van der Waals surface area contributed by atoms with Gasteiger partial charge >= 0.3 is 0 Å². The van der Waals surface area contributed by atoms with E-state index in [0.29, 0.717) is 23.2 Å². The molecule has 0 fully saturated rings. The SMILES string of the molecule is [C-]#[N+]c1ccc(-c2cccc3ccc(-c4ccc(-c5nc(-c6ccccc6)nc(-c6ccccc6)n5)cc4)cc23)cc1. The number of benzene rings is 6. The van der Waals surface area contributed by atoms with Gasteiger partial charge in [0, 0.05) is 16.7 Å². The highest BCUT2D eigenvalue weighted by molar-refractivity contribution is 5.99. The van der Waals surface area contributed by atoms with Crippen LogP contribution in [0.3, 0.4) is 0 Å². The predicted octanol–water partition coefficient (Wildman–Crippen LogP) is 9.91. The fourth-order valence-corrected chi connectivity index (χ4v) is 5.17. The van der Waals surface area contributed by atoms with E-state index in [2.05, 4.69) is 65.5 Å². The summed E-state index contributed by atoms with van der Waals surface area (Å²) in [6, 6.07) is 49.1. The first-order valence-electron chi connectivity index (χ1n) is 13.7. The third kappa shape index (κ3) is 4.92. The number of fused-ring (bicyclic) bond motifs is 1. The van der Waals surface area contributed by atoms with Gasteiger partial charge in [0.25, 0.3) is 0 Å². The number of aromatic nitrogens is 3. The largest absolute Gasteiger partial charge is 0.238 e. The van der Waals surface area contributed by atoms with Gasteiger partial charge in [0.05, 0.1) is 6.57 Å².